The first-order valence-corrected chi connectivity index (χ1v) is 8.12. The molecule has 3 unspecified atom stereocenters. The molecule has 4 nitrogen and oxygen atoms in total. The molecule has 0 radical (unpaired) electrons. The molecular formula is C15H18BrClN2O2. The Bertz CT molecular complexity index is 607. The van der Waals surface area contributed by atoms with Crippen molar-refractivity contribution in [3.05, 3.63) is 27.7 Å². The summed E-state index contributed by atoms with van der Waals surface area (Å²) in [6.07, 6.45) is 0.894. The van der Waals surface area contributed by atoms with Gasteiger partial charge in [0.15, 0.2) is 0 Å². The highest BCUT2D eigenvalue weighted by Gasteiger charge is 2.71. The lowest BCUT2D eigenvalue weighted by molar-refractivity contribution is -0.170. The molecule has 0 bridgehead atoms. The summed E-state index contributed by atoms with van der Waals surface area (Å²) in [6.45, 7) is 4.66. The summed E-state index contributed by atoms with van der Waals surface area (Å²) < 4.78 is 6.49. The number of carbonyl (C=O) groups is 1. The van der Waals surface area contributed by atoms with Crippen molar-refractivity contribution in [2.75, 3.05) is 11.9 Å². The molecule has 1 aliphatic heterocycles. The molecule has 1 aliphatic carbocycles. The van der Waals surface area contributed by atoms with Crippen molar-refractivity contribution in [3.8, 4) is 0 Å². The molecule has 0 spiro atoms. The Morgan fingerprint density at radius 3 is 2.95 bits per heavy atom. The monoisotopic (exact) mass is 372 g/mol. The highest BCUT2D eigenvalue weighted by Crippen LogP contribution is 2.58. The maximum Gasteiger partial charge on any atom is 0.245 e. The van der Waals surface area contributed by atoms with Gasteiger partial charge in [-0.25, -0.2) is 0 Å². The van der Waals surface area contributed by atoms with Crippen molar-refractivity contribution in [3.63, 3.8) is 0 Å². The molecule has 1 saturated carbocycles. The highest BCUT2D eigenvalue weighted by atomic mass is 79.9. The second-order valence-corrected chi connectivity index (χ2v) is 7.65. The van der Waals surface area contributed by atoms with E-state index in [1.807, 2.05) is 13.8 Å². The molecule has 114 valence electrons. The van der Waals surface area contributed by atoms with Crippen LogP contribution in [-0.4, -0.2) is 24.2 Å². The highest BCUT2D eigenvalue weighted by molar-refractivity contribution is 9.10. The van der Waals surface area contributed by atoms with E-state index in [0.717, 1.165) is 10.9 Å². The number of nitrogens with one attached hydrogen (secondary N) is 1. The van der Waals surface area contributed by atoms with Gasteiger partial charge < -0.3 is 15.8 Å². The Morgan fingerprint density at radius 1 is 1.52 bits per heavy atom. The van der Waals surface area contributed by atoms with Crippen molar-refractivity contribution in [2.24, 2.45) is 17.1 Å². The molecule has 1 aromatic carbocycles. The molecule has 1 saturated heterocycles. The molecule has 1 heterocycles. The molecule has 1 amide bonds. The average molecular weight is 374 g/mol. The number of nitrogens with two attached hydrogens (primary N) is 1. The van der Waals surface area contributed by atoms with E-state index in [1.165, 1.54) is 0 Å². The van der Waals surface area contributed by atoms with E-state index < -0.39 is 5.54 Å². The molecule has 3 rings (SSSR count). The fourth-order valence-corrected chi connectivity index (χ4v) is 4.18. The van der Waals surface area contributed by atoms with E-state index in [1.54, 1.807) is 18.2 Å². The smallest absolute Gasteiger partial charge is 0.245 e. The van der Waals surface area contributed by atoms with Gasteiger partial charge in [-0.05, 0) is 40.5 Å². The summed E-state index contributed by atoms with van der Waals surface area (Å²) >= 11 is 9.40. The van der Waals surface area contributed by atoms with E-state index in [9.17, 15) is 4.79 Å². The van der Waals surface area contributed by atoms with Gasteiger partial charge in [-0.1, -0.05) is 25.4 Å². The predicted octanol–water partition coefficient (Wildman–Crippen LogP) is 3.18. The molecule has 3 N–H and O–H groups in total. The predicted molar refractivity (Wildman–Crippen MR) is 86.3 cm³/mol. The van der Waals surface area contributed by atoms with Crippen molar-refractivity contribution in [2.45, 2.75) is 31.9 Å². The lowest BCUT2D eigenvalue weighted by Crippen LogP contribution is -2.79. The van der Waals surface area contributed by atoms with Crippen LogP contribution in [0.4, 0.5) is 5.69 Å². The summed E-state index contributed by atoms with van der Waals surface area (Å²) in [5.41, 5.74) is 5.83. The first-order valence-electron chi connectivity index (χ1n) is 6.95. The van der Waals surface area contributed by atoms with Crippen LogP contribution < -0.4 is 11.1 Å². The van der Waals surface area contributed by atoms with Gasteiger partial charge in [0.05, 0.1) is 11.8 Å². The molecule has 1 aromatic rings. The number of anilines is 1. The zero-order valence-electron chi connectivity index (χ0n) is 12.0. The molecular weight excluding hydrogens is 356 g/mol. The zero-order chi connectivity index (χ0) is 15.4. The first-order chi connectivity index (χ1) is 9.78. The Hall–Kier alpha value is -0.620. The van der Waals surface area contributed by atoms with Gasteiger partial charge in [0.2, 0.25) is 5.91 Å². The fraction of sp³-hybridized carbons (Fsp3) is 0.533. The van der Waals surface area contributed by atoms with Crippen LogP contribution in [0.15, 0.2) is 22.7 Å². The van der Waals surface area contributed by atoms with E-state index in [4.69, 9.17) is 22.1 Å². The second kappa shape index (κ2) is 4.95. The molecule has 0 aromatic heterocycles. The van der Waals surface area contributed by atoms with Crippen LogP contribution in [0.2, 0.25) is 5.02 Å². The Morgan fingerprint density at radius 2 is 2.24 bits per heavy atom. The van der Waals surface area contributed by atoms with Gasteiger partial charge in [-0.3, -0.25) is 4.79 Å². The molecule has 21 heavy (non-hydrogen) atoms. The Balaban J connectivity index is 1.87. The molecule has 2 fully saturated rings. The third kappa shape index (κ3) is 2.05. The number of benzene rings is 1. The van der Waals surface area contributed by atoms with Gasteiger partial charge in [0.1, 0.15) is 5.54 Å². The summed E-state index contributed by atoms with van der Waals surface area (Å²) in [5, 5.41) is 3.48. The number of amides is 1. The van der Waals surface area contributed by atoms with Crippen molar-refractivity contribution in [1.29, 1.82) is 0 Å². The van der Waals surface area contributed by atoms with Crippen LogP contribution in [-0.2, 0) is 9.53 Å². The maximum absolute atomic E-state index is 12.8. The van der Waals surface area contributed by atoms with Crippen LogP contribution in [0.25, 0.3) is 0 Å². The van der Waals surface area contributed by atoms with Crippen LogP contribution in [0.3, 0.4) is 0 Å². The minimum absolute atomic E-state index is 0.0658. The zero-order valence-corrected chi connectivity index (χ0v) is 14.3. The normalized spacial score (nSPS) is 33.2. The van der Waals surface area contributed by atoms with Gasteiger partial charge in [-0.2, -0.15) is 0 Å². The van der Waals surface area contributed by atoms with E-state index in [0.29, 0.717) is 17.3 Å². The van der Waals surface area contributed by atoms with Gasteiger partial charge >= 0.3 is 0 Å². The average Bonchev–Trinajstić information content (AvgIpc) is 2.90. The van der Waals surface area contributed by atoms with Crippen LogP contribution in [0.1, 0.15) is 20.3 Å². The summed E-state index contributed by atoms with van der Waals surface area (Å²) in [4.78, 5) is 12.8. The SMILES string of the molecule is CC1(C)C2OCCC2C1(N)C(=O)Nc1cc(Cl)ccc1Br. The third-order valence-electron chi connectivity index (χ3n) is 5.01. The fourth-order valence-electron chi connectivity index (χ4n) is 3.66. The van der Waals surface area contributed by atoms with E-state index in [2.05, 4.69) is 21.2 Å². The van der Waals surface area contributed by atoms with Crippen LogP contribution in [0.5, 0.6) is 0 Å². The van der Waals surface area contributed by atoms with E-state index >= 15 is 0 Å². The summed E-state index contributed by atoms with van der Waals surface area (Å²) in [5.74, 6) is -0.104. The lowest BCUT2D eigenvalue weighted by atomic mass is 9.48. The standard InChI is InChI=1S/C15H18BrClN2O2/c1-14(2)12-9(5-6-21-12)15(14,18)13(20)19-11-7-8(17)3-4-10(11)16/h3-4,7,9,12H,5-6,18H2,1-2H3,(H,19,20). The van der Waals surface area contributed by atoms with Gasteiger partial charge in [-0.15, -0.1) is 0 Å². The summed E-state index contributed by atoms with van der Waals surface area (Å²) in [6, 6.07) is 5.27. The minimum atomic E-state index is -0.921. The Kier molecular flexibility index (Phi) is 3.60. The third-order valence-corrected chi connectivity index (χ3v) is 5.93. The molecule has 2 aliphatic rings. The largest absolute Gasteiger partial charge is 0.377 e. The van der Waals surface area contributed by atoms with Crippen molar-refractivity contribution < 1.29 is 9.53 Å². The molecule has 3 atom stereocenters. The number of ether oxygens (including phenoxy) is 1. The van der Waals surface area contributed by atoms with Crippen molar-refractivity contribution >= 4 is 39.1 Å². The number of rotatable bonds is 2. The number of carbonyl (C=O) groups excluding carboxylic acids is 1. The topological polar surface area (TPSA) is 64.3 Å². The summed E-state index contributed by atoms with van der Waals surface area (Å²) in [7, 11) is 0. The minimum Gasteiger partial charge on any atom is -0.377 e. The molecule has 6 heteroatoms. The number of fused-ring (bicyclic) bond motifs is 1. The first kappa shape index (κ1) is 15.3. The number of hydrogen-bond donors (Lipinski definition) is 2. The number of halogens is 2. The number of hydrogen-bond acceptors (Lipinski definition) is 3. The Labute approximate surface area is 137 Å². The van der Waals surface area contributed by atoms with Gasteiger partial charge in [0, 0.05) is 27.4 Å². The lowest BCUT2D eigenvalue weighted by Gasteiger charge is -2.60. The van der Waals surface area contributed by atoms with Crippen LogP contribution in [0, 0.1) is 11.3 Å². The van der Waals surface area contributed by atoms with Crippen molar-refractivity contribution in [1.82, 2.24) is 0 Å². The van der Waals surface area contributed by atoms with Crippen LogP contribution >= 0.6 is 27.5 Å². The maximum atomic E-state index is 12.8. The quantitative estimate of drug-likeness (QED) is 0.837. The van der Waals surface area contributed by atoms with Gasteiger partial charge in [0.25, 0.3) is 0 Å². The second-order valence-electron chi connectivity index (χ2n) is 6.36. The van der Waals surface area contributed by atoms with E-state index in [-0.39, 0.29) is 23.3 Å².